The van der Waals surface area contributed by atoms with Crippen molar-refractivity contribution < 1.29 is 28.8 Å². The number of alkyl halides is 2. The topological polar surface area (TPSA) is 66.4 Å². The molecule has 3 aromatic rings. The molecule has 1 heterocycles. The zero-order chi connectivity index (χ0) is 28.0. The van der Waals surface area contributed by atoms with E-state index in [1.165, 1.54) is 0 Å². The van der Waals surface area contributed by atoms with Gasteiger partial charge in [-0.2, -0.15) is 0 Å². The van der Waals surface area contributed by atoms with E-state index in [2.05, 4.69) is 31.9 Å². The molecule has 40 heavy (non-hydrogen) atoms. The minimum absolute atomic E-state index is 0.263. The summed E-state index contributed by atoms with van der Waals surface area (Å²) in [6, 6.07) is 29.9. The lowest BCUT2D eigenvalue weighted by molar-refractivity contribution is -0.319. The normalized spacial score (nSPS) is 23.6. The van der Waals surface area contributed by atoms with Crippen LogP contribution in [0, 0.1) is 0 Å². The van der Waals surface area contributed by atoms with Crippen LogP contribution in [0.15, 0.2) is 91.0 Å². The lowest BCUT2D eigenvalue weighted by Crippen LogP contribution is -2.61. The average molecular weight is 678 g/mol. The summed E-state index contributed by atoms with van der Waals surface area (Å²) in [4.78, 5) is 0.366. The minimum Gasteiger partial charge on any atom is -0.385 e. The molecule has 216 valence electrons. The van der Waals surface area contributed by atoms with E-state index >= 15 is 0 Å². The van der Waals surface area contributed by atoms with Crippen LogP contribution in [0.1, 0.15) is 29.5 Å². The Bertz CT molecular complexity index is 1070. The lowest BCUT2D eigenvalue weighted by Gasteiger charge is -2.44. The Morgan fingerprint density at radius 1 is 0.725 bits per heavy atom. The smallest absolute Gasteiger partial charge is 0.186 e. The lowest BCUT2D eigenvalue weighted by atomic mass is 9.98. The van der Waals surface area contributed by atoms with E-state index in [4.69, 9.17) is 23.7 Å². The molecule has 1 unspecified atom stereocenters. The molecule has 1 N–H and O–H groups in total. The second-order valence-corrected chi connectivity index (χ2v) is 11.8. The summed E-state index contributed by atoms with van der Waals surface area (Å²) < 4.78 is 31.3. The van der Waals surface area contributed by atoms with E-state index in [0.29, 0.717) is 31.3 Å². The number of hydrogen-bond donors (Lipinski definition) is 1. The first-order valence-electron chi connectivity index (χ1n) is 13.7. The third kappa shape index (κ3) is 10.0. The van der Waals surface area contributed by atoms with Gasteiger partial charge in [0.15, 0.2) is 6.29 Å². The summed E-state index contributed by atoms with van der Waals surface area (Å²) in [6.45, 7) is 1.84. The van der Waals surface area contributed by atoms with Crippen LogP contribution in [0.4, 0.5) is 0 Å². The van der Waals surface area contributed by atoms with Crippen LogP contribution < -0.4 is 0 Å². The molecule has 0 aromatic heterocycles. The van der Waals surface area contributed by atoms with Crippen LogP contribution in [-0.2, 0) is 43.5 Å². The van der Waals surface area contributed by atoms with Gasteiger partial charge in [-0.15, -0.1) is 0 Å². The number of hydrogen-bond acceptors (Lipinski definition) is 6. The monoisotopic (exact) mass is 676 g/mol. The van der Waals surface area contributed by atoms with Crippen LogP contribution in [0.5, 0.6) is 0 Å². The molecule has 0 aliphatic carbocycles. The molecule has 0 amide bonds. The summed E-state index contributed by atoms with van der Waals surface area (Å²) in [6.07, 6.45) is -1.89. The van der Waals surface area contributed by atoms with Crippen molar-refractivity contribution in [2.24, 2.45) is 0 Å². The van der Waals surface area contributed by atoms with Gasteiger partial charge in [0.2, 0.25) is 0 Å². The van der Waals surface area contributed by atoms with Gasteiger partial charge in [0, 0.05) is 16.8 Å². The van der Waals surface area contributed by atoms with E-state index in [0.717, 1.165) is 34.9 Å². The van der Waals surface area contributed by atoms with Crippen LogP contribution in [0.3, 0.4) is 0 Å². The van der Waals surface area contributed by atoms with Crippen molar-refractivity contribution >= 4 is 31.9 Å². The zero-order valence-corrected chi connectivity index (χ0v) is 25.7. The molecule has 4 rings (SSSR count). The van der Waals surface area contributed by atoms with Gasteiger partial charge in [-0.3, -0.25) is 0 Å². The molecule has 6 atom stereocenters. The third-order valence-electron chi connectivity index (χ3n) is 6.69. The number of aliphatic hydroxyl groups is 1. The Labute approximate surface area is 254 Å². The first-order valence-corrected chi connectivity index (χ1v) is 15.8. The first-order chi connectivity index (χ1) is 19.6. The molecule has 0 spiro atoms. The molecule has 6 nitrogen and oxygen atoms in total. The summed E-state index contributed by atoms with van der Waals surface area (Å²) in [5.41, 5.74) is 3.11. The Morgan fingerprint density at radius 2 is 1.25 bits per heavy atom. The van der Waals surface area contributed by atoms with E-state index in [1.807, 2.05) is 91.0 Å². The van der Waals surface area contributed by atoms with E-state index in [1.54, 1.807) is 0 Å². The van der Waals surface area contributed by atoms with Crippen molar-refractivity contribution in [2.75, 3.05) is 18.5 Å². The zero-order valence-electron chi connectivity index (χ0n) is 22.5. The van der Waals surface area contributed by atoms with Crippen LogP contribution in [-0.4, -0.2) is 59.2 Å². The highest BCUT2D eigenvalue weighted by molar-refractivity contribution is 9.12. The number of aliphatic hydroxyl groups excluding tert-OH is 1. The standard InChI is InChI=1S/C32H38Br2O6/c33-19-27(34)17-10-18-37-32-29(35)31(39-22-26-15-8-3-9-16-26)30(38-21-25-13-6-2-7-14-25)28(40-32)23-36-20-24-11-4-1-5-12-24/h1-9,11-16,27-32,35H,10,17-23H2/t27?,28-,29+,30-,31-,32-/m1/s1. The van der Waals surface area contributed by atoms with Gasteiger partial charge >= 0.3 is 0 Å². The number of benzene rings is 3. The molecule has 0 bridgehead atoms. The SMILES string of the molecule is O[C@@H]1[C@H](OCCCC(Br)CBr)O[C@H](COCc2ccccc2)[C@@H](OCc2ccccc2)[C@@H]1OCc1ccccc1. The quantitative estimate of drug-likeness (QED) is 0.140. The van der Waals surface area contributed by atoms with Gasteiger partial charge < -0.3 is 28.8 Å². The molecule has 8 heteroatoms. The number of halogens is 2. The Hall–Kier alpha value is -1.62. The Morgan fingerprint density at radius 3 is 1.80 bits per heavy atom. The van der Waals surface area contributed by atoms with Gasteiger partial charge in [-0.05, 0) is 29.5 Å². The van der Waals surface area contributed by atoms with Crippen molar-refractivity contribution in [3.63, 3.8) is 0 Å². The molecule has 1 aliphatic rings. The molecule has 1 fully saturated rings. The fourth-order valence-electron chi connectivity index (χ4n) is 4.54. The molecule has 1 saturated heterocycles. The average Bonchev–Trinajstić information content (AvgIpc) is 3.00. The van der Waals surface area contributed by atoms with Crippen molar-refractivity contribution in [1.82, 2.24) is 0 Å². The predicted molar refractivity (Wildman–Crippen MR) is 162 cm³/mol. The fraction of sp³-hybridized carbons (Fsp3) is 0.438. The molecular weight excluding hydrogens is 640 g/mol. The highest BCUT2D eigenvalue weighted by Crippen LogP contribution is 2.29. The van der Waals surface area contributed by atoms with Crippen LogP contribution in [0.25, 0.3) is 0 Å². The summed E-state index contributed by atoms with van der Waals surface area (Å²) in [5.74, 6) is 0. The number of rotatable bonds is 16. The summed E-state index contributed by atoms with van der Waals surface area (Å²) in [5, 5.41) is 12.3. The Kier molecular flexibility index (Phi) is 13.6. The molecule has 3 aromatic carbocycles. The third-order valence-corrected chi connectivity index (χ3v) is 9.12. The van der Waals surface area contributed by atoms with E-state index in [-0.39, 0.29) is 6.61 Å². The molecular formula is C32H38Br2O6. The highest BCUT2D eigenvalue weighted by Gasteiger charge is 2.47. The van der Waals surface area contributed by atoms with Gasteiger partial charge in [0.05, 0.1) is 26.4 Å². The van der Waals surface area contributed by atoms with Crippen molar-refractivity contribution in [3.05, 3.63) is 108 Å². The molecule has 0 saturated carbocycles. The molecule has 1 aliphatic heterocycles. The minimum atomic E-state index is -1.04. The highest BCUT2D eigenvalue weighted by atomic mass is 79.9. The van der Waals surface area contributed by atoms with Crippen LogP contribution in [0.2, 0.25) is 0 Å². The second-order valence-electron chi connectivity index (χ2n) is 9.82. The van der Waals surface area contributed by atoms with Crippen LogP contribution >= 0.6 is 31.9 Å². The van der Waals surface area contributed by atoms with Gasteiger partial charge in [0.1, 0.15) is 24.4 Å². The van der Waals surface area contributed by atoms with Gasteiger partial charge in [-0.1, -0.05) is 123 Å². The fourth-order valence-corrected chi connectivity index (χ4v) is 5.19. The maximum atomic E-state index is 11.4. The maximum absolute atomic E-state index is 11.4. The van der Waals surface area contributed by atoms with Crippen molar-refractivity contribution in [3.8, 4) is 0 Å². The largest absolute Gasteiger partial charge is 0.385 e. The second kappa shape index (κ2) is 17.4. The summed E-state index contributed by atoms with van der Waals surface area (Å²) in [7, 11) is 0. The summed E-state index contributed by atoms with van der Waals surface area (Å²) >= 11 is 7.12. The van der Waals surface area contributed by atoms with E-state index in [9.17, 15) is 5.11 Å². The van der Waals surface area contributed by atoms with Gasteiger partial charge in [-0.25, -0.2) is 0 Å². The van der Waals surface area contributed by atoms with Gasteiger partial charge in [0.25, 0.3) is 0 Å². The number of ether oxygens (including phenoxy) is 5. The maximum Gasteiger partial charge on any atom is 0.186 e. The predicted octanol–water partition coefficient (Wildman–Crippen LogP) is 6.42. The Balaban J connectivity index is 1.49. The molecule has 0 radical (unpaired) electrons. The van der Waals surface area contributed by atoms with E-state index < -0.39 is 30.7 Å². The van der Waals surface area contributed by atoms with Crippen molar-refractivity contribution in [1.29, 1.82) is 0 Å². The first kappa shape index (κ1) is 31.3. The van der Waals surface area contributed by atoms with Crippen molar-refractivity contribution in [2.45, 2.75) is 68.2 Å².